The number of pyridine rings is 1. The number of aliphatic hydroxyl groups is 1. The minimum Gasteiger partial charge on any atom is -0.393 e. The number of aliphatic hydroxyl groups excluding tert-OH is 1. The summed E-state index contributed by atoms with van der Waals surface area (Å²) in [6, 6.07) is 4.25. The molecule has 142 valence electrons. The van der Waals surface area contributed by atoms with Gasteiger partial charge in [-0.25, -0.2) is 0 Å². The van der Waals surface area contributed by atoms with Crippen molar-refractivity contribution in [1.82, 2.24) is 4.98 Å². The smallest absolute Gasteiger partial charge is 0.103 e. The quantitative estimate of drug-likeness (QED) is 0.746. The third kappa shape index (κ3) is 1.92. The summed E-state index contributed by atoms with van der Waals surface area (Å²) in [6.07, 6.45) is 15.4. The van der Waals surface area contributed by atoms with Gasteiger partial charge in [-0.05, 0) is 61.1 Å². The Labute approximate surface area is 161 Å². The first-order chi connectivity index (χ1) is 13.0. The molecule has 7 atom stereocenters. The van der Waals surface area contributed by atoms with Crippen LogP contribution in [0.15, 0.2) is 42.3 Å². The van der Waals surface area contributed by atoms with Crippen molar-refractivity contribution >= 4 is 5.57 Å². The summed E-state index contributed by atoms with van der Waals surface area (Å²) in [5.41, 5.74) is 4.68. The SMILES string of the molecule is C[C@]12CCC3C(CC4OC45C[C@@H](O)CC[C@]35C)C1=CC=C2c1cccnc1. The highest BCUT2D eigenvalue weighted by molar-refractivity contribution is 5.78. The molecule has 6 rings (SSSR count). The van der Waals surface area contributed by atoms with Crippen LogP contribution in [0.3, 0.4) is 0 Å². The van der Waals surface area contributed by atoms with Crippen LogP contribution in [0, 0.1) is 22.7 Å². The number of hydrogen-bond acceptors (Lipinski definition) is 3. The molecule has 1 N–H and O–H groups in total. The van der Waals surface area contributed by atoms with E-state index in [1.807, 2.05) is 18.5 Å². The highest BCUT2D eigenvalue weighted by atomic mass is 16.6. The summed E-state index contributed by atoms with van der Waals surface area (Å²) < 4.78 is 6.41. The average Bonchev–Trinajstić information content (AvgIpc) is 3.24. The fourth-order valence-electron chi connectivity index (χ4n) is 7.59. The zero-order valence-electron chi connectivity index (χ0n) is 16.3. The van der Waals surface area contributed by atoms with E-state index >= 15 is 0 Å². The zero-order chi connectivity index (χ0) is 18.4. The number of epoxide rings is 1. The minimum absolute atomic E-state index is 0.0294. The van der Waals surface area contributed by atoms with Crippen LogP contribution < -0.4 is 0 Å². The predicted molar refractivity (Wildman–Crippen MR) is 105 cm³/mol. The number of nitrogens with zero attached hydrogens (tertiary/aromatic N) is 1. The van der Waals surface area contributed by atoms with E-state index in [0.29, 0.717) is 17.9 Å². The first kappa shape index (κ1) is 16.5. The van der Waals surface area contributed by atoms with Crippen molar-refractivity contribution < 1.29 is 9.84 Å². The van der Waals surface area contributed by atoms with Crippen LogP contribution in [0.5, 0.6) is 0 Å². The molecule has 0 aromatic carbocycles. The van der Waals surface area contributed by atoms with Crippen LogP contribution >= 0.6 is 0 Å². The molecular formula is C24H29NO2. The zero-order valence-corrected chi connectivity index (χ0v) is 16.3. The molecule has 0 radical (unpaired) electrons. The maximum Gasteiger partial charge on any atom is 0.103 e. The number of allylic oxidation sites excluding steroid dienone is 4. The van der Waals surface area contributed by atoms with Crippen molar-refractivity contribution in [2.24, 2.45) is 22.7 Å². The number of rotatable bonds is 1. The van der Waals surface area contributed by atoms with E-state index in [1.54, 1.807) is 5.57 Å². The molecule has 4 fully saturated rings. The normalized spacial score (nSPS) is 49.9. The van der Waals surface area contributed by atoms with Gasteiger partial charge in [0.05, 0.1) is 12.2 Å². The third-order valence-corrected chi connectivity index (χ3v) is 9.08. The second kappa shape index (κ2) is 5.12. The van der Waals surface area contributed by atoms with Gasteiger partial charge in [0.2, 0.25) is 0 Å². The molecule has 3 heteroatoms. The van der Waals surface area contributed by atoms with Gasteiger partial charge in [0.1, 0.15) is 5.60 Å². The Hall–Kier alpha value is -1.45. The minimum atomic E-state index is -0.168. The number of hydrogen-bond donors (Lipinski definition) is 1. The first-order valence-corrected chi connectivity index (χ1v) is 10.7. The van der Waals surface area contributed by atoms with Crippen molar-refractivity contribution in [3.05, 3.63) is 47.8 Å². The van der Waals surface area contributed by atoms with Gasteiger partial charge in [-0.1, -0.05) is 37.6 Å². The van der Waals surface area contributed by atoms with E-state index in [0.717, 1.165) is 25.7 Å². The van der Waals surface area contributed by atoms with Crippen molar-refractivity contribution in [3.63, 3.8) is 0 Å². The largest absolute Gasteiger partial charge is 0.393 e. The van der Waals surface area contributed by atoms with E-state index in [-0.39, 0.29) is 22.5 Å². The van der Waals surface area contributed by atoms with Gasteiger partial charge in [-0.3, -0.25) is 4.98 Å². The highest BCUT2D eigenvalue weighted by Crippen LogP contribution is 2.73. The van der Waals surface area contributed by atoms with Crippen LogP contribution in [0.1, 0.15) is 57.9 Å². The molecule has 4 unspecified atom stereocenters. The molecule has 3 nitrogen and oxygen atoms in total. The lowest BCUT2D eigenvalue weighted by Crippen LogP contribution is -2.56. The molecule has 1 aliphatic heterocycles. The topological polar surface area (TPSA) is 45.6 Å². The van der Waals surface area contributed by atoms with Gasteiger partial charge in [0.25, 0.3) is 0 Å². The predicted octanol–water partition coefficient (Wildman–Crippen LogP) is 4.53. The third-order valence-electron chi connectivity index (χ3n) is 9.08. The van der Waals surface area contributed by atoms with E-state index in [4.69, 9.17) is 4.74 Å². The Balaban J connectivity index is 1.36. The molecule has 2 heterocycles. The molecule has 0 amide bonds. The Bertz CT molecular complexity index is 860. The van der Waals surface area contributed by atoms with Crippen LogP contribution in [-0.4, -0.2) is 27.9 Å². The van der Waals surface area contributed by atoms with E-state index in [2.05, 4.69) is 37.0 Å². The molecule has 3 saturated carbocycles. The fraction of sp³-hybridized carbons (Fsp3) is 0.625. The van der Waals surface area contributed by atoms with Crippen LogP contribution in [0.25, 0.3) is 5.57 Å². The molecule has 27 heavy (non-hydrogen) atoms. The molecule has 4 aliphatic carbocycles. The highest BCUT2D eigenvalue weighted by Gasteiger charge is 2.75. The van der Waals surface area contributed by atoms with Crippen molar-refractivity contribution in [1.29, 1.82) is 0 Å². The summed E-state index contributed by atoms with van der Waals surface area (Å²) >= 11 is 0. The molecule has 1 aromatic rings. The monoisotopic (exact) mass is 363 g/mol. The summed E-state index contributed by atoms with van der Waals surface area (Å²) in [5.74, 6) is 1.31. The molecule has 1 spiro atoms. The lowest BCUT2D eigenvalue weighted by atomic mass is 9.46. The molecular weight excluding hydrogens is 334 g/mol. The number of fused-ring (bicyclic) bond motifs is 4. The van der Waals surface area contributed by atoms with E-state index in [1.165, 1.54) is 24.0 Å². The number of aromatic nitrogens is 1. The summed E-state index contributed by atoms with van der Waals surface area (Å²) in [6.45, 7) is 4.92. The lowest BCUT2D eigenvalue weighted by molar-refractivity contribution is -0.0709. The van der Waals surface area contributed by atoms with Gasteiger partial charge in [-0.15, -0.1) is 0 Å². The van der Waals surface area contributed by atoms with Gasteiger partial charge >= 0.3 is 0 Å². The van der Waals surface area contributed by atoms with Crippen molar-refractivity contribution in [2.45, 2.75) is 70.2 Å². The van der Waals surface area contributed by atoms with Crippen LogP contribution in [0.2, 0.25) is 0 Å². The van der Waals surface area contributed by atoms with E-state index < -0.39 is 0 Å². The van der Waals surface area contributed by atoms with Gasteiger partial charge in [0.15, 0.2) is 0 Å². The van der Waals surface area contributed by atoms with Crippen molar-refractivity contribution in [2.75, 3.05) is 0 Å². The fourth-order valence-corrected chi connectivity index (χ4v) is 7.59. The Kier molecular flexibility index (Phi) is 3.13. The standard InChI is InChI=1S/C24H29NO2/c1-22-9-8-20-17(19(22)6-5-18(22)15-4-3-11-25-14-15)12-21-24(27-21)13-16(26)7-10-23(20,24)2/h3-6,11,14,16-17,20-21,26H,7-10,12-13H2,1-2H3/t16-,17?,20?,21?,22+,23+,24?/m0/s1. The Morgan fingerprint density at radius 2 is 2.07 bits per heavy atom. The van der Waals surface area contributed by atoms with Crippen LogP contribution in [0.4, 0.5) is 0 Å². The lowest BCUT2D eigenvalue weighted by Gasteiger charge is -2.57. The van der Waals surface area contributed by atoms with Gasteiger partial charge in [0, 0.05) is 29.6 Å². The first-order valence-electron chi connectivity index (χ1n) is 10.7. The van der Waals surface area contributed by atoms with Crippen molar-refractivity contribution in [3.8, 4) is 0 Å². The Morgan fingerprint density at radius 1 is 1.19 bits per heavy atom. The second-order valence-corrected chi connectivity index (χ2v) is 10.1. The molecule has 1 aromatic heterocycles. The Morgan fingerprint density at radius 3 is 2.89 bits per heavy atom. The van der Waals surface area contributed by atoms with Gasteiger partial charge in [-0.2, -0.15) is 0 Å². The summed E-state index contributed by atoms with van der Waals surface area (Å²) in [7, 11) is 0. The molecule has 5 aliphatic rings. The maximum atomic E-state index is 10.3. The molecule has 1 saturated heterocycles. The van der Waals surface area contributed by atoms with Gasteiger partial charge < -0.3 is 9.84 Å². The second-order valence-electron chi connectivity index (χ2n) is 10.1. The van der Waals surface area contributed by atoms with E-state index in [9.17, 15) is 5.11 Å². The van der Waals surface area contributed by atoms with Crippen LogP contribution in [-0.2, 0) is 4.74 Å². The number of ether oxygens (including phenoxy) is 1. The summed E-state index contributed by atoms with van der Waals surface area (Å²) in [4.78, 5) is 4.36. The maximum absolute atomic E-state index is 10.3. The summed E-state index contributed by atoms with van der Waals surface area (Å²) in [5, 5.41) is 10.3. The average molecular weight is 364 g/mol. The molecule has 0 bridgehead atoms.